The van der Waals surface area contributed by atoms with E-state index in [-0.39, 0.29) is 29.9 Å². The zero-order chi connectivity index (χ0) is 17.8. The number of nitrogens with zero attached hydrogens (tertiary/aromatic N) is 1. The molecular weight excluding hydrogens is 324 g/mol. The number of carbonyl (C=O) groups excluding carboxylic acids is 2. The Kier molecular flexibility index (Phi) is 4.83. The van der Waals surface area contributed by atoms with Gasteiger partial charge in [0.05, 0.1) is 5.92 Å². The minimum Gasteiger partial charge on any atom is -0.475 e. The number of amides is 2. The van der Waals surface area contributed by atoms with Crippen LogP contribution in [0.25, 0.3) is 0 Å². The number of para-hydroxylation sites is 1. The molecule has 2 N–H and O–H groups in total. The summed E-state index contributed by atoms with van der Waals surface area (Å²) >= 11 is 0. The van der Waals surface area contributed by atoms with Gasteiger partial charge in [-0.25, -0.2) is 4.79 Å². The van der Waals surface area contributed by atoms with Crippen LogP contribution in [-0.4, -0.2) is 40.9 Å². The molecule has 1 aromatic heterocycles. The minimum atomic E-state index is -1.22. The van der Waals surface area contributed by atoms with Gasteiger partial charge in [0.2, 0.25) is 11.7 Å². The van der Waals surface area contributed by atoms with Crippen molar-refractivity contribution in [1.82, 2.24) is 4.90 Å². The number of likely N-dealkylation sites (tertiary alicyclic amines) is 1. The number of furan rings is 1. The van der Waals surface area contributed by atoms with Crippen LogP contribution in [0.1, 0.15) is 34.0 Å². The molecular formula is C18H18N2O5. The van der Waals surface area contributed by atoms with Gasteiger partial charge < -0.3 is 19.7 Å². The quantitative estimate of drug-likeness (QED) is 0.889. The van der Waals surface area contributed by atoms with Gasteiger partial charge >= 0.3 is 5.97 Å². The normalized spacial score (nSPS) is 17.1. The van der Waals surface area contributed by atoms with E-state index in [4.69, 9.17) is 9.52 Å². The average molecular weight is 342 g/mol. The first kappa shape index (κ1) is 16.8. The first-order valence-electron chi connectivity index (χ1n) is 8.03. The predicted octanol–water partition coefficient (Wildman–Crippen LogP) is 2.47. The van der Waals surface area contributed by atoms with Crippen molar-refractivity contribution in [2.75, 3.05) is 18.4 Å². The number of carbonyl (C=O) groups is 3. The van der Waals surface area contributed by atoms with E-state index in [1.54, 1.807) is 12.1 Å². The first-order chi connectivity index (χ1) is 12.0. The van der Waals surface area contributed by atoms with Crippen LogP contribution in [-0.2, 0) is 4.79 Å². The van der Waals surface area contributed by atoms with Crippen molar-refractivity contribution in [3.05, 3.63) is 54.0 Å². The molecule has 2 amide bonds. The molecule has 1 aromatic carbocycles. The standard InChI is InChI=1S/C18H18N2O5/c21-16(19-13-6-2-1-3-7-13)12-5-4-10-20(11-12)17(22)14-8-9-15(25-14)18(23)24/h1-3,6-9,12H,4-5,10-11H2,(H,19,21)(H,23,24). The fourth-order valence-corrected chi connectivity index (χ4v) is 2.87. The van der Waals surface area contributed by atoms with Gasteiger partial charge in [-0.1, -0.05) is 18.2 Å². The van der Waals surface area contributed by atoms with Crippen LogP contribution in [0.3, 0.4) is 0 Å². The molecule has 1 unspecified atom stereocenters. The molecule has 130 valence electrons. The second-order valence-corrected chi connectivity index (χ2v) is 5.91. The molecule has 0 aliphatic carbocycles. The Labute approximate surface area is 144 Å². The molecule has 1 atom stereocenters. The molecule has 1 fully saturated rings. The summed E-state index contributed by atoms with van der Waals surface area (Å²) in [5.41, 5.74) is 0.716. The molecule has 1 aliphatic heterocycles. The number of aromatic carboxylic acids is 1. The smallest absolute Gasteiger partial charge is 0.371 e. The zero-order valence-electron chi connectivity index (χ0n) is 13.5. The lowest BCUT2D eigenvalue weighted by Crippen LogP contribution is -2.43. The number of hydrogen-bond acceptors (Lipinski definition) is 4. The average Bonchev–Trinajstić information content (AvgIpc) is 3.12. The van der Waals surface area contributed by atoms with E-state index in [1.807, 2.05) is 18.2 Å². The van der Waals surface area contributed by atoms with Crippen molar-refractivity contribution in [1.29, 1.82) is 0 Å². The Balaban J connectivity index is 1.64. The third kappa shape index (κ3) is 3.88. The summed E-state index contributed by atoms with van der Waals surface area (Å²) in [4.78, 5) is 37.3. The minimum absolute atomic E-state index is 0.0264. The van der Waals surface area contributed by atoms with Gasteiger partial charge in [0, 0.05) is 18.8 Å². The lowest BCUT2D eigenvalue weighted by Gasteiger charge is -2.31. The highest BCUT2D eigenvalue weighted by atomic mass is 16.4. The van der Waals surface area contributed by atoms with Crippen LogP contribution >= 0.6 is 0 Å². The van der Waals surface area contributed by atoms with Crippen molar-refractivity contribution in [3.8, 4) is 0 Å². The number of carboxylic acid groups (broad SMARTS) is 1. The number of nitrogens with one attached hydrogen (secondary N) is 1. The number of anilines is 1. The fourth-order valence-electron chi connectivity index (χ4n) is 2.87. The van der Waals surface area contributed by atoms with Crippen molar-refractivity contribution >= 4 is 23.5 Å². The van der Waals surface area contributed by atoms with Crippen LogP contribution in [0.2, 0.25) is 0 Å². The van der Waals surface area contributed by atoms with E-state index in [9.17, 15) is 14.4 Å². The maximum Gasteiger partial charge on any atom is 0.371 e. The molecule has 3 rings (SSSR count). The van der Waals surface area contributed by atoms with E-state index < -0.39 is 11.9 Å². The Morgan fingerprint density at radius 3 is 2.48 bits per heavy atom. The SMILES string of the molecule is O=C(O)c1ccc(C(=O)N2CCCC(C(=O)Nc3ccccc3)C2)o1. The molecule has 2 aromatic rings. The van der Waals surface area contributed by atoms with Crippen molar-refractivity contribution in [2.24, 2.45) is 5.92 Å². The highest BCUT2D eigenvalue weighted by Gasteiger charge is 2.30. The second kappa shape index (κ2) is 7.21. The van der Waals surface area contributed by atoms with Crippen LogP contribution in [0.15, 0.2) is 46.9 Å². The van der Waals surface area contributed by atoms with Crippen LogP contribution < -0.4 is 5.32 Å². The van der Waals surface area contributed by atoms with Crippen molar-refractivity contribution in [3.63, 3.8) is 0 Å². The summed E-state index contributed by atoms with van der Waals surface area (Å²) in [6.07, 6.45) is 1.39. The lowest BCUT2D eigenvalue weighted by atomic mass is 9.96. The third-order valence-corrected chi connectivity index (χ3v) is 4.15. The van der Waals surface area contributed by atoms with Crippen LogP contribution in [0, 0.1) is 5.92 Å². The summed E-state index contributed by atoms with van der Waals surface area (Å²) in [6.45, 7) is 0.789. The van der Waals surface area contributed by atoms with Gasteiger partial charge in [-0.3, -0.25) is 9.59 Å². The van der Waals surface area contributed by atoms with Crippen LogP contribution in [0.4, 0.5) is 5.69 Å². The van der Waals surface area contributed by atoms with Crippen molar-refractivity contribution < 1.29 is 23.9 Å². The Bertz CT molecular complexity index is 784. The highest BCUT2D eigenvalue weighted by Crippen LogP contribution is 2.21. The summed E-state index contributed by atoms with van der Waals surface area (Å²) in [6, 6.07) is 11.7. The third-order valence-electron chi connectivity index (χ3n) is 4.15. The number of benzene rings is 1. The monoisotopic (exact) mass is 342 g/mol. The van der Waals surface area contributed by atoms with E-state index in [1.165, 1.54) is 17.0 Å². The van der Waals surface area contributed by atoms with Gasteiger partial charge in [-0.2, -0.15) is 0 Å². The number of piperidine rings is 1. The van der Waals surface area contributed by atoms with Gasteiger partial charge in [-0.05, 0) is 37.1 Å². The Morgan fingerprint density at radius 2 is 1.80 bits per heavy atom. The maximum atomic E-state index is 12.5. The molecule has 1 saturated heterocycles. The number of hydrogen-bond donors (Lipinski definition) is 2. The van der Waals surface area contributed by atoms with E-state index in [0.717, 1.165) is 0 Å². The van der Waals surface area contributed by atoms with Gasteiger partial charge in [-0.15, -0.1) is 0 Å². The Morgan fingerprint density at radius 1 is 1.08 bits per heavy atom. The molecule has 2 heterocycles. The first-order valence-corrected chi connectivity index (χ1v) is 8.03. The van der Waals surface area contributed by atoms with Gasteiger partial charge in [0.25, 0.3) is 5.91 Å². The number of rotatable bonds is 4. The van der Waals surface area contributed by atoms with E-state index >= 15 is 0 Å². The molecule has 1 aliphatic rings. The number of carboxylic acids is 1. The highest BCUT2D eigenvalue weighted by molar-refractivity contribution is 5.95. The molecule has 0 saturated carbocycles. The zero-order valence-corrected chi connectivity index (χ0v) is 13.5. The molecule has 25 heavy (non-hydrogen) atoms. The molecule has 0 spiro atoms. The summed E-state index contributed by atoms with van der Waals surface area (Å²) < 4.78 is 5.06. The molecule has 7 nitrogen and oxygen atoms in total. The topological polar surface area (TPSA) is 99.9 Å². The molecule has 0 bridgehead atoms. The van der Waals surface area contributed by atoms with Crippen LogP contribution in [0.5, 0.6) is 0 Å². The predicted molar refractivity (Wildman–Crippen MR) is 89.4 cm³/mol. The van der Waals surface area contributed by atoms with Gasteiger partial charge in [0.15, 0.2) is 5.76 Å². The van der Waals surface area contributed by atoms with E-state index in [2.05, 4.69) is 5.32 Å². The summed E-state index contributed by atoms with van der Waals surface area (Å²) in [7, 11) is 0. The Hall–Kier alpha value is -3.09. The fraction of sp³-hybridized carbons (Fsp3) is 0.278. The molecule has 7 heteroatoms. The largest absolute Gasteiger partial charge is 0.475 e. The van der Waals surface area contributed by atoms with Gasteiger partial charge in [0.1, 0.15) is 0 Å². The second-order valence-electron chi connectivity index (χ2n) is 5.91. The summed E-state index contributed by atoms with van der Waals surface area (Å²) in [5.74, 6) is -2.37. The lowest BCUT2D eigenvalue weighted by molar-refractivity contribution is -0.121. The maximum absolute atomic E-state index is 12.5. The van der Waals surface area contributed by atoms with E-state index in [0.29, 0.717) is 25.1 Å². The van der Waals surface area contributed by atoms with Crippen molar-refractivity contribution in [2.45, 2.75) is 12.8 Å². The summed E-state index contributed by atoms with van der Waals surface area (Å²) in [5, 5.41) is 11.7. The molecule has 0 radical (unpaired) electrons.